The number of amides is 4. The van der Waals surface area contributed by atoms with Crippen LogP contribution < -0.4 is 20.9 Å². The average Bonchev–Trinajstić information content (AvgIpc) is 3.32. The second-order valence-electron chi connectivity index (χ2n) is 8.90. The molecule has 2 aliphatic heterocycles. The molecule has 4 amide bonds. The van der Waals surface area contributed by atoms with E-state index in [4.69, 9.17) is 0 Å². The van der Waals surface area contributed by atoms with Crippen molar-refractivity contribution in [2.75, 3.05) is 16.8 Å². The number of carbonyl (C=O) groups is 4. The van der Waals surface area contributed by atoms with Gasteiger partial charge in [-0.05, 0) is 36.2 Å². The van der Waals surface area contributed by atoms with E-state index >= 15 is 0 Å². The van der Waals surface area contributed by atoms with Crippen molar-refractivity contribution >= 4 is 46.8 Å². The number of thioether (sulfide) groups is 1. The smallest absolute Gasteiger partial charge is 0.251 e. The first-order valence-electron chi connectivity index (χ1n) is 12.1. The van der Waals surface area contributed by atoms with Crippen LogP contribution in [0.3, 0.4) is 0 Å². The monoisotopic (exact) mass is 514 g/mol. The van der Waals surface area contributed by atoms with Gasteiger partial charge in [0.2, 0.25) is 17.7 Å². The molecule has 5 rings (SSSR count). The number of carbonyl (C=O) groups excluding carboxylic acids is 4. The highest BCUT2D eigenvalue weighted by Gasteiger charge is 2.41. The molecule has 3 aromatic rings. The van der Waals surface area contributed by atoms with Gasteiger partial charge in [-0.3, -0.25) is 19.2 Å². The van der Waals surface area contributed by atoms with Gasteiger partial charge in [-0.15, -0.1) is 11.8 Å². The van der Waals surface area contributed by atoms with Gasteiger partial charge in [-0.2, -0.15) is 0 Å². The maximum Gasteiger partial charge on any atom is 0.251 e. The minimum Gasteiger partial charge on any atom is -0.344 e. The SMILES string of the molecule is O=C(CN1C(=O)[C@H](NC(=O)[C@@H]2CCC(=O)N2)[C@@H](c2ccccc2)Sc2ccccc21)Nc1ccccc1. The molecule has 8 nitrogen and oxygen atoms in total. The van der Waals surface area contributed by atoms with Gasteiger partial charge in [0.15, 0.2) is 0 Å². The van der Waals surface area contributed by atoms with E-state index in [-0.39, 0.29) is 24.8 Å². The Kier molecular flexibility index (Phi) is 7.23. The van der Waals surface area contributed by atoms with E-state index in [1.54, 1.807) is 18.2 Å². The quantitative estimate of drug-likeness (QED) is 0.468. The first kappa shape index (κ1) is 24.6. The van der Waals surface area contributed by atoms with Crippen molar-refractivity contribution in [2.24, 2.45) is 0 Å². The lowest BCUT2D eigenvalue weighted by molar-refractivity contribution is -0.129. The Morgan fingerprint density at radius 3 is 2.30 bits per heavy atom. The molecule has 0 aliphatic carbocycles. The van der Waals surface area contributed by atoms with E-state index in [9.17, 15) is 19.2 Å². The van der Waals surface area contributed by atoms with Crippen LogP contribution in [0.5, 0.6) is 0 Å². The number of nitrogens with zero attached hydrogens (tertiary/aromatic N) is 1. The molecule has 9 heteroatoms. The van der Waals surface area contributed by atoms with E-state index < -0.39 is 29.1 Å². The summed E-state index contributed by atoms with van der Waals surface area (Å²) in [4.78, 5) is 54.3. The number of benzene rings is 3. The topological polar surface area (TPSA) is 108 Å². The van der Waals surface area contributed by atoms with E-state index in [1.165, 1.54) is 16.7 Å². The summed E-state index contributed by atoms with van der Waals surface area (Å²) in [5.74, 6) is -1.35. The highest BCUT2D eigenvalue weighted by Crippen LogP contribution is 2.45. The normalized spacial score (nSPS) is 21.0. The van der Waals surface area contributed by atoms with Crippen molar-refractivity contribution in [1.82, 2.24) is 10.6 Å². The molecule has 3 aromatic carbocycles. The van der Waals surface area contributed by atoms with Crippen molar-refractivity contribution in [3.8, 4) is 0 Å². The van der Waals surface area contributed by atoms with E-state index in [0.29, 0.717) is 17.8 Å². The number of rotatable bonds is 6. The molecule has 2 heterocycles. The Bertz CT molecular complexity index is 1320. The van der Waals surface area contributed by atoms with E-state index in [0.717, 1.165) is 10.5 Å². The van der Waals surface area contributed by atoms with Gasteiger partial charge in [0.25, 0.3) is 5.91 Å². The number of nitrogens with one attached hydrogen (secondary N) is 3. The lowest BCUT2D eigenvalue weighted by Crippen LogP contribution is -2.55. The van der Waals surface area contributed by atoms with Gasteiger partial charge < -0.3 is 20.9 Å². The van der Waals surface area contributed by atoms with Gasteiger partial charge in [0.1, 0.15) is 18.6 Å². The minimum atomic E-state index is -0.964. The summed E-state index contributed by atoms with van der Waals surface area (Å²) in [6.07, 6.45) is 0.642. The molecule has 1 saturated heterocycles. The summed E-state index contributed by atoms with van der Waals surface area (Å²) >= 11 is 1.47. The van der Waals surface area contributed by atoms with Crippen LogP contribution in [0.25, 0.3) is 0 Å². The Hall–Kier alpha value is -4.11. The molecule has 188 valence electrons. The molecule has 1 fully saturated rings. The van der Waals surface area contributed by atoms with Crippen molar-refractivity contribution < 1.29 is 19.2 Å². The number of hydrogen-bond acceptors (Lipinski definition) is 5. The van der Waals surface area contributed by atoms with Crippen LogP contribution in [0, 0.1) is 0 Å². The molecular weight excluding hydrogens is 488 g/mol. The Labute approximate surface area is 218 Å². The molecule has 0 bridgehead atoms. The fourth-order valence-corrected chi connectivity index (χ4v) is 5.88. The summed E-state index contributed by atoms with van der Waals surface area (Å²) < 4.78 is 0. The molecule has 3 N–H and O–H groups in total. The molecule has 0 radical (unpaired) electrons. The summed E-state index contributed by atoms with van der Waals surface area (Å²) in [5, 5.41) is 7.97. The number of para-hydroxylation sites is 2. The zero-order valence-electron chi connectivity index (χ0n) is 19.9. The van der Waals surface area contributed by atoms with Gasteiger partial charge in [-0.25, -0.2) is 0 Å². The predicted octanol–water partition coefficient (Wildman–Crippen LogP) is 3.27. The highest BCUT2D eigenvalue weighted by atomic mass is 32.2. The van der Waals surface area contributed by atoms with Crippen LogP contribution in [-0.4, -0.2) is 42.3 Å². The van der Waals surface area contributed by atoms with Gasteiger partial charge in [0, 0.05) is 17.0 Å². The van der Waals surface area contributed by atoms with Crippen LogP contribution in [0.15, 0.2) is 89.8 Å². The third-order valence-corrected chi connectivity index (χ3v) is 7.74. The average molecular weight is 515 g/mol. The molecule has 2 aliphatic rings. The molecule has 0 unspecified atom stereocenters. The summed E-state index contributed by atoms with van der Waals surface area (Å²) in [6, 6.07) is 24.3. The highest BCUT2D eigenvalue weighted by molar-refractivity contribution is 7.99. The van der Waals surface area contributed by atoms with Crippen LogP contribution >= 0.6 is 11.8 Å². The van der Waals surface area contributed by atoms with Crippen molar-refractivity contribution in [3.63, 3.8) is 0 Å². The summed E-state index contributed by atoms with van der Waals surface area (Å²) in [6.45, 7) is -0.223. The fraction of sp³-hybridized carbons (Fsp3) is 0.214. The molecular formula is C28H26N4O4S. The first-order chi connectivity index (χ1) is 18.0. The molecule has 0 saturated carbocycles. The zero-order chi connectivity index (χ0) is 25.8. The minimum absolute atomic E-state index is 0.187. The van der Waals surface area contributed by atoms with Crippen molar-refractivity contribution in [3.05, 3.63) is 90.5 Å². The standard InChI is InChI=1S/C28H26N4O4S/c33-23-16-15-20(30-23)27(35)31-25-26(18-9-3-1-4-10-18)37-22-14-8-7-13-21(22)32(28(25)36)17-24(34)29-19-11-5-2-6-12-19/h1-14,20,25-26H,15-17H2,(H,29,34)(H,30,33)(H,31,35)/t20-,25+,26+/m0/s1. The van der Waals surface area contributed by atoms with E-state index in [2.05, 4.69) is 16.0 Å². The third-order valence-electron chi connectivity index (χ3n) is 6.34. The first-order valence-corrected chi connectivity index (χ1v) is 12.9. The largest absolute Gasteiger partial charge is 0.344 e. The molecule has 0 aromatic heterocycles. The van der Waals surface area contributed by atoms with Gasteiger partial charge in [-0.1, -0.05) is 60.7 Å². The lowest BCUT2D eigenvalue weighted by Gasteiger charge is -2.29. The predicted molar refractivity (Wildman–Crippen MR) is 142 cm³/mol. The summed E-state index contributed by atoms with van der Waals surface area (Å²) in [7, 11) is 0. The fourth-order valence-electron chi connectivity index (χ4n) is 4.53. The third kappa shape index (κ3) is 5.51. The zero-order valence-corrected chi connectivity index (χ0v) is 20.7. The van der Waals surface area contributed by atoms with Crippen LogP contribution in [-0.2, 0) is 19.2 Å². The molecule has 37 heavy (non-hydrogen) atoms. The Balaban J connectivity index is 1.49. The Morgan fingerprint density at radius 1 is 0.919 bits per heavy atom. The second kappa shape index (κ2) is 10.9. The summed E-state index contributed by atoms with van der Waals surface area (Å²) in [5.41, 5.74) is 2.10. The van der Waals surface area contributed by atoms with Crippen molar-refractivity contribution in [1.29, 1.82) is 0 Å². The lowest BCUT2D eigenvalue weighted by atomic mass is 10.0. The molecule has 3 atom stereocenters. The van der Waals surface area contributed by atoms with Gasteiger partial charge >= 0.3 is 0 Å². The maximum absolute atomic E-state index is 14.1. The van der Waals surface area contributed by atoms with Crippen molar-refractivity contribution in [2.45, 2.75) is 35.1 Å². The van der Waals surface area contributed by atoms with Crippen LogP contribution in [0.2, 0.25) is 0 Å². The van der Waals surface area contributed by atoms with Crippen LogP contribution in [0.1, 0.15) is 23.7 Å². The molecule has 0 spiro atoms. The Morgan fingerprint density at radius 2 is 1.59 bits per heavy atom. The number of hydrogen-bond donors (Lipinski definition) is 3. The maximum atomic E-state index is 14.1. The van der Waals surface area contributed by atoms with Crippen LogP contribution in [0.4, 0.5) is 11.4 Å². The van der Waals surface area contributed by atoms with E-state index in [1.807, 2.05) is 66.7 Å². The van der Waals surface area contributed by atoms with Gasteiger partial charge in [0.05, 0.1) is 10.9 Å². The number of fused-ring (bicyclic) bond motifs is 1. The number of anilines is 2. The second-order valence-corrected chi connectivity index (χ2v) is 10.1.